The van der Waals surface area contributed by atoms with Crippen LogP contribution in [0.25, 0.3) is 0 Å². The lowest BCUT2D eigenvalue weighted by Crippen LogP contribution is -2.31. The van der Waals surface area contributed by atoms with E-state index >= 15 is 0 Å². The normalized spacial score (nSPS) is 17.1. The van der Waals surface area contributed by atoms with Gasteiger partial charge in [0.2, 0.25) is 0 Å². The lowest BCUT2D eigenvalue weighted by Gasteiger charge is -2.28. The number of hydrogen-bond acceptors (Lipinski definition) is 3. The van der Waals surface area contributed by atoms with Crippen LogP contribution in [-0.4, -0.2) is 20.8 Å². The molecule has 1 N–H and O–H groups in total. The summed E-state index contributed by atoms with van der Waals surface area (Å²) in [5.74, 6) is 1.29. The molecule has 3 rings (SSSR count). The fourth-order valence-corrected chi connectivity index (χ4v) is 3.25. The highest BCUT2D eigenvalue weighted by molar-refractivity contribution is 5.44. The molecule has 0 aliphatic carbocycles. The highest BCUT2D eigenvalue weighted by atomic mass is 19.4. The van der Waals surface area contributed by atoms with Crippen LogP contribution in [0.15, 0.2) is 36.4 Å². The van der Waals surface area contributed by atoms with Crippen LogP contribution in [0.5, 0.6) is 11.5 Å². The fraction of sp³-hybridized carbons (Fsp3) is 0.368. The first-order chi connectivity index (χ1) is 11.9. The SMILES string of the molecule is COc1ccc(CC2NCCc3cc(C(F)(F)F)ccc32)cc1OC. The van der Waals surface area contributed by atoms with Gasteiger partial charge in [-0.15, -0.1) is 0 Å². The Bertz CT molecular complexity index is 759. The number of hydrogen-bond donors (Lipinski definition) is 1. The highest BCUT2D eigenvalue weighted by Gasteiger charge is 2.32. The second-order valence-corrected chi connectivity index (χ2v) is 6.06. The van der Waals surface area contributed by atoms with E-state index < -0.39 is 11.7 Å². The van der Waals surface area contributed by atoms with Crippen molar-refractivity contribution in [2.24, 2.45) is 0 Å². The fourth-order valence-electron chi connectivity index (χ4n) is 3.25. The van der Waals surface area contributed by atoms with Gasteiger partial charge in [0.05, 0.1) is 19.8 Å². The zero-order chi connectivity index (χ0) is 18.0. The van der Waals surface area contributed by atoms with Crippen LogP contribution in [0.4, 0.5) is 13.2 Å². The molecule has 0 aromatic heterocycles. The quantitative estimate of drug-likeness (QED) is 0.898. The summed E-state index contributed by atoms with van der Waals surface area (Å²) in [5.41, 5.74) is 2.13. The molecule has 2 aromatic rings. The number of rotatable bonds is 4. The molecule has 0 radical (unpaired) electrons. The van der Waals surface area contributed by atoms with Crippen molar-refractivity contribution in [2.45, 2.75) is 25.1 Å². The first-order valence-corrected chi connectivity index (χ1v) is 8.06. The average Bonchev–Trinajstić information content (AvgIpc) is 2.60. The number of halogens is 3. The molecular formula is C19H20F3NO2. The molecule has 1 aliphatic heterocycles. The predicted molar refractivity (Wildman–Crippen MR) is 89.1 cm³/mol. The predicted octanol–water partition coefficient (Wildman–Crippen LogP) is 4.15. The maximum absolute atomic E-state index is 12.9. The molecule has 0 spiro atoms. The summed E-state index contributed by atoms with van der Waals surface area (Å²) in [6.45, 7) is 0.659. The van der Waals surface area contributed by atoms with E-state index in [1.54, 1.807) is 20.3 Å². The smallest absolute Gasteiger partial charge is 0.416 e. The minimum Gasteiger partial charge on any atom is -0.493 e. The minimum atomic E-state index is -4.31. The number of nitrogens with one attached hydrogen (secondary N) is 1. The largest absolute Gasteiger partial charge is 0.493 e. The van der Waals surface area contributed by atoms with Gasteiger partial charge >= 0.3 is 6.18 Å². The maximum atomic E-state index is 12.9. The second-order valence-electron chi connectivity index (χ2n) is 6.06. The summed E-state index contributed by atoms with van der Waals surface area (Å²) in [4.78, 5) is 0. The molecule has 25 heavy (non-hydrogen) atoms. The van der Waals surface area contributed by atoms with Crippen LogP contribution in [0, 0.1) is 0 Å². The molecule has 1 atom stereocenters. The Balaban J connectivity index is 1.86. The van der Waals surface area contributed by atoms with Gasteiger partial charge in [-0.25, -0.2) is 0 Å². The van der Waals surface area contributed by atoms with E-state index in [0.29, 0.717) is 30.9 Å². The van der Waals surface area contributed by atoms with Crippen molar-refractivity contribution in [3.63, 3.8) is 0 Å². The van der Waals surface area contributed by atoms with E-state index in [1.807, 2.05) is 18.2 Å². The molecule has 2 aromatic carbocycles. The minimum absolute atomic E-state index is 0.0239. The van der Waals surface area contributed by atoms with E-state index in [-0.39, 0.29) is 6.04 Å². The zero-order valence-corrected chi connectivity index (χ0v) is 14.1. The van der Waals surface area contributed by atoms with Crippen molar-refractivity contribution in [3.05, 3.63) is 58.7 Å². The molecular weight excluding hydrogens is 331 g/mol. The van der Waals surface area contributed by atoms with Crippen molar-refractivity contribution in [3.8, 4) is 11.5 Å². The summed E-state index contributed by atoms with van der Waals surface area (Å²) < 4.78 is 49.3. The van der Waals surface area contributed by atoms with Crippen LogP contribution in [0.2, 0.25) is 0 Å². The van der Waals surface area contributed by atoms with Gasteiger partial charge in [-0.3, -0.25) is 0 Å². The molecule has 0 bridgehead atoms. The zero-order valence-electron chi connectivity index (χ0n) is 14.1. The summed E-state index contributed by atoms with van der Waals surface area (Å²) in [5, 5.41) is 3.39. The van der Waals surface area contributed by atoms with Crippen LogP contribution in [0.3, 0.4) is 0 Å². The first-order valence-electron chi connectivity index (χ1n) is 8.06. The molecule has 1 heterocycles. The van der Waals surface area contributed by atoms with Crippen molar-refractivity contribution in [2.75, 3.05) is 20.8 Å². The van der Waals surface area contributed by atoms with Gasteiger partial charge in [0.1, 0.15) is 0 Å². The van der Waals surface area contributed by atoms with Gasteiger partial charge in [-0.1, -0.05) is 12.1 Å². The molecule has 0 saturated carbocycles. The molecule has 1 aliphatic rings. The number of fused-ring (bicyclic) bond motifs is 1. The number of ether oxygens (including phenoxy) is 2. The van der Waals surface area contributed by atoms with Crippen LogP contribution in [0.1, 0.15) is 28.3 Å². The summed E-state index contributed by atoms with van der Waals surface area (Å²) in [6, 6.07) is 9.69. The van der Waals surface area contributed by atoms with Crippen molar-refractivity contribution >= 4 is 0 Å². The van der Waals surface area contributed by atoms with Crippen LogP contribution >= 0.6 is 0 Å². The Kier molecular flexibility index (Phi) is 4.90. The Hall–Kier alpha value is -2.21. The van der Waals surface area contributed by atoms with Crippen LogP contribution < -0.4 is 14.8 Å². The molecule has 3 nitrogen and oxygen atoms in total. The number of alkyl halides is 3. The third kappa shape index (κ3) is 3.74. The van der Waals surface area contributed by atoms with E-state index in [4.69, 9.17) is 9.47 Å². The number of benzene rings is 2. The van der Waals surface area contributed by atoms with Gasteiger partial charge in [0.15, 0.2) is 11.5 Å². The van der Waals surface area contributed by atoms with E-state index in [9.17, 15) is 13.2 Å². The summed E-state index contributed by atoms with van der Waals surface area (Å²) in [7, 11) is 3.16. The third-order valence-electron chi connectivity index (χ3n) is 4.52. The van der Waals surface area contributed by atoms with Gasteiger partial charge < -0.3 is 14.8 Å². The van der Waals surface area contributed by atoms with Crippen molar-refractivity contribution in [1.29, 1.82) is 0 Å². The lowest BCUT2D eigenvalue weighted by atomic mass is 9.89. The lowest BCUT2D eigenvalue weighted by molar-refractivity contribution is -0.137. The second kappa shape index (κ2) is 6.96. The Labute approximate surface area is 144 Å². The van der Waals surface area contributed by atoms with Gasteiger partial charge in [0, 0.05) is 6.04 Å². The van der Waals surface area contributed by atoms with E-state index in [2.05, 4.69) is 5.32 Å². The highest BCUT2D eigenvalue weighted by Crippen LogP contribution is 2.35. The third-order valence-corrected chi connectivity index (χ3v) is 4.52. The summed E-state index contributed by atoms with van der Waals surface area (Å²) >= 11 is 0. The van der Waals surface area contributed by atoms with E-state index in [1.165, 1.54) is 6.07 Å². The molecule has 0 fully saturated rings. The monoisotopic (exact) mass is 351 g/mol. The summed E-state index contributed by atoms with van der Waals surface area (Å²) in [6.07, 6.45) is -3.04. The molecule has 134 valence electrons. The Morgan fingerprint density at radius 3 is 2.48 bits per heavy atom. The first kappa shape index (κ1) is 17.6. The number of methoxy groups -OCH3 is 2. The van der Waals surface area contributed by atoms with Crippen LogP contribution in [-0.2, 0) is 19.0 Å². The standard InChI is InChI=1S/C19H20F3NO2/c1-24-17-6-3-12(10-18(17)25-2)9-16-15-5-4-14(19(20,21)22)11-13(15)7-8-23-16/h3-6,10-11,16,23H,7-9H2,1-2H3. The Morgan fingerprint density at radius 1 is 1.04 bits per heavy atom. The maximum Gasteiger partial charge on any atom is 0.416 e. The molecule has 0 amide bonds. The van der Waals surface area contributed by atoms with Gasteiger partial charge in [-0.05, 0) is 60.3 Å². The topological polar surface area (TPSA) is 30.5 Å². The molecule has 1 unspecified atom stereocenters. The molecule has 6 heteroatoms. The average molecular weight is 351 g/mol. The molecule has 0 saturated heterocycles. The Morgan fingerprint density at radius 2 is 1.80 bits per heavy atom. The van der Waals surface area contributed by atoms with Crippen molar-refractivity contribution < 1.29 is 22.6 Å². The van der Waals surface area contributed by atoms with Crippen molar-refractivity contribution in [1.82, 2.24) is 5.32 Å². The van der Waals surface area contributed by atoms with E-state index in [0.717, 1.165) is 22.8 Å². The van der Waals surface area contributed by atoms with Gasteiger partial charge in [0.25, 0.3) is 0 Å². The van der Waals surface area contributed by atoms with Gasteiger partial charge in [-0.2, -0.15) is 13.2 Å².